The van der Waals surface area contributed by atoms with E-state index < -0.39 is 12.2 Å². The number of alkyl carbamates (subject to hydrolysis) is 2. The largest absolute Gasteiger partial charge is 0.443 e. The van der Waals surface area contributed by atoms with Gasteiger partial charge in [-0.1, -0.05) is 67.6 Å². The highest BCUT2D eigenvalue weighted by molar-refractivity contribution is 5.68. The fraction of sp³-hybridized carbons (Fsp3) is 0.333. The maximum atomic E-state index is 12.7. The zero-order valence-electron chi connectivity index (χ0n) is 23.2. The first kappa shape index (κ1) is 29.3. The number of carbonyl (C=O) groups is 2. The average Bonchev–Trinajstić information content (AvgIpc) is 3.70. The molecule has 0 saturated heterocycles. The topological polar surface area (TPSA) is 137 Å². The van der Waals surface area contributed by atoms with Crippen LogP contribution in [0.5, 0.6) is 0 Å². The van der Waals surface area contributed by atoms with Crippen LogP contribution < -0.4 is 10.6 Å². The number of carbonyl (C=O) groups excluding carboxylic acids is 2. The molecule has 0 fully saturated rings. The smallest absolute Gasteiger partial charge is 0.407 e. The molecule has 0 unspecified atom stereocenters. The molecule has 2 heterocycles. The van der Waals surface area contributed by atoms with E-state index in [1.807, 2.05) is 60.7 Å². The molecule has 2 aromatic carbocycles. The third kappa shape index (κ3) is 10.5. The van der Waals surface area contributed by atoms with E-state index in [-0.39, 0.29) is 25.3 Å². The minimum atomic E-state index is -0.514. The number of H-pyrrole nitrogens is 2. The Balaban J connectivity index is 1.41. The number of rotatable bonds is 15. The number of nitrogens with one attached hydrogen (secondary N) is 4. The highest BCUT2D eigenvalue weighted by Crippen LogP contribution is 2.10. The van der Waals surface area contributed by atoms with Crippen LogP contribution in [0.4, 0.5) is 9.59 Å². The van der Waals surface area contributed by atoms with Crippen molar-refractivity contribution in [3.8, 4) is 0 Å². The van der Waals surface area contributed by atoms with Gasteiger partial charge in [0.15, 0.2) is 6.61 Å². The predicted molar refractivity (Wildman–Crippen MR) is 154 cm³/mol. The molecule has 41 heavy (non-hydrogen) atoms. The molecule has 2 atom stereocenters. The van der Waals surface area contributed by atoms with E-state index in [4.69, 9.17) is 9.47 Å². The molecular formula is C30H37N7O4. The first-order valence-corrected chi connectivity index (χ1v) is 13.7. The van der Waals surface area contributed by atoms with Crippen LogP contribution in [-0.4, -0.2) is 68.7 Å². The van der Waals surface area contributed by atoms with Gasteiger partial charge in [0.05, 0.1) is 18.2 Å². The number of aromatic amines is 2. The summed E-state index contributed by atoms with van der Waals surface area (Å²) in [5, 5.41) is 6.06. The fourth-order valence-electron chi connectivity index (χ4n) is 4.51. The van der Waals surface area contributed by atoms with Gasteiger partial charge in [-0.2, -0.15) is 0 Å². The number of benzene rings is 2. The molecule has 0 saturated carbocycles. The zero-order chi connectivity index (χ0) is 28.7. The Labute approximate surface area is 239 Å². The molecule has 0 spiro atoms. The van der Waals surface area contributed by atoms with Gasteiger partial charge in [-0.15, -0.1) is 0 Å². The third-order valence-electron chi connectivity index (χ3n) is 6.51. The van der Waals surface area contributed by atoms with Gasteiger partial charge in [0, 0.05) is 37.6 Å². The maximum absolute atomic E-state index is 12.7. The molecule has 2 amide bonds. The summed E-state index contributed by atoms with van der Waals surface area (Å²) in [6, 6.07) is 19.5. The Kier molecular flexibility index (Phi) is 11.3. The molecule has 4 rings (SSSR count). The summed E-state index contributed by atoms with van der Waals surface area (Å²) in [6.07, 6.45) is 6.68. The Morgan fingerprint density at radius 2 is 1.44 bits per heavy atom. The van der Waals surface area contributed by atoms with Crippen LogP contribution in [0.2, 0.25) is 0 Å². The number of likely N-dealkylation sites (N-methyl/N-ethyl adjacent to an activating group) is 1. The van der Waals surface area contributed by atoms with Crippen LogP contribution in [0, 0.1) is 0 Å². The van der Waals surface area contributed by atoms with Crippen LogP contribution in [0.1, 0.15) is 29.6 Å². The van der Waals surface area contributed by atoms with Crippen molar-refractivity contribution < 1.29 is 19.1 Å². The van der Waals surface area contributed by atoms with Gasteiger partial charge >= 0.3 is 12.2 Å². The molecule has 11 nitrogen and oxygen atoms in total. The van der Waals surface area contributed by atoms with Crippen LogP contribution in [-0.2, 0) is 35.5 Å². The summed E-state index contributed by atoms with van der Waals surface area (Å²) in [5.74, 6) is 0.573. The first-order chi connectivity index (χ1) is 20.1. The number of aromatic nitrogens is 4. The second-order valence-electron chi connectivity index (χ2n) is 9.68. The lowest BCUT2D eigenvalue weighted by molar-refractivity contribution is 0.125. The standard InChI is InChI=1S/C30H37N7O4/c1-2-37(18-25(15-23-9-5-3-6-10-23)35-29(38)40-20-27-17-31-22-34-27)19-26(16-24-11-7-4-8-12-24)36-30(39)41-21-28-32-13-14-33-28/h3-14,17,22,25-26H,2,15-16,18-21H2,1H3,(H,31,34)(H,32,33)(H,35,38)(H,36,39)/t25-,26-/m0/s1. The van der Waals surface area contributed by atoms with Gasteiger partial charge in [0.1, 0.15) is 12.4 Å². The Bertz CT molecular complexity index is 1190. The molecule has 0 radical (unpaired) electrons. The van der Waals surface area contributed by atoms with Crippen LogP contribution in [0.3, 0.4) is 0 Å². The number of ether oxygens (including phenoxy) is 2. The van der Waals surface area contributed by atoms with Crippen LogP contribution in [0.25, 0.3) is 0 Å². The molecule has 0 aliphatic carbocycles. The number of nitrogens with zero attached hydrogens (tertiary/aromatic N) is 3. The quantitative estimate of drug-likeness (QED) is 0.174. The summed E-state index contributed by atoms with van der Waals surface area (Å²) < 4.78 is 10.8. The molecule has 0 aliphatic rings. The monoisotopic (exact) mass is 559 g/mol. The van der Waals surface area contributed by atoms with Crippen LogP contribution in [0.15, 0.2) is 85.6 Å². The molecular weight excluding hydrogens is 522 g/mol. The normalized spacial score (nSPS) is 12.4. The lowest BCUT2D eigenvalue weighted by Gasteiger charge is -2.30. The van der Waals surface area contributed by atoms with Crippen molar-refractivity contribution >= 4 is 12.2 Å². The predicted octanol–water partition coefficient (Wildman–Crippen LogP) is 3.83. The summed E-state index contributed by atoms with van der Waals surface area (Å²) in [6.45, 7) is 4.04. The molecule has 4 N–H and O–H groups in total. The van der Waals surface area contributed by atoms with E-state index in [2.05, 4.69) is 42.4 Å². The Morgan fingerprint density at radius 3 is 1.93 bits per heavy atom. The zero-order valence-corrected chi connectivity index (χ0v) is 23.2. The number of hydrogen-bond donors (Lipinski definition) is 4. The van der Waals surface area contributed by atoms with Crippen molar-refractivity contribution in [3.05, 3.63) is 108 Å². The number of hydrogen-bond acceptors (Lipinski definition) is 7. The van der Waals surface area contributed by atoms with E-state index in [9.17, 15) is 9.59 Å². The number of amides is 2. The molecule has 11 heteroatoms. The lowest BCUT2D eigenvalue weighted by atomic mass is 10.0. The van der Waals surface area contributed by atoms with Gasteiger partial charge in [0.25, 0.3) is 0 Å². The van der Waals surface area contributed by atoms with E-state index in [1.165, 1.54) is 0 Å². The molecule has 216 valence electrons. The summed E-state index contributed by atoms with van der Waals surface area (Å²) in [4.78, 5) is 41.5. The van der Waals surface area contributed by atoms with Crippen molar-refractivity contribution in [2.75, 3.05) is 19.6 Å². The fourth-order valence-corrected chi connectivity index (χ4v) is 4.51. The van der Waals surface area contributed by atoms with E-state index in [1.54, 1.807) is 24.9 Å². The van der Waals surface area contributed by atoms with Crippen molar-refractivity contribution in [2.45, 2.75) is 45.1 Å². The van der Waals surface area contributed by atoms with E-state index in [0.717, 1.165) is 11.1 Å². The summed E-state index contributed by atoms with van der Waals surface area (Å²) >= 11 is 0. The second kappa shape index (κ2) is 15.8. The van der Waals surface area contributed by atoms with E-state index in [0.29, 0.717) is 44.0 Å². The summed E-state index contributed by atoms with van der Waals surface area (Å²) in [5.41, 5.74) is 2.91. The average molecular weight is 560 g/mol. The first-order valence-electron chi connectivity index (χ1n) is 13.7. The van der Waals surface area contributed by atoms with Crippen molar-refractivity contribution in [1.82, 2.24) is 35.5 Å². The molecule has 0 bridgehead atoms. The van der Waals surface area contributed by atoms with Crippen molar-refractivity contribution in [3.63, 3.8) is 0 Å². The lowest BCUT2D eigenvalue weighted by Crippen LogP contribution is -2.50. The minimum absolute atomic E-state index is 0.0537. The van der Waals surface area contributed by atoms with Crippen molar-refractivity contribution in [1.29, 1.82) is 0 Å². The van der Waals surface area contributed by atoms with Gasteiger partial charge < -0.3 is 30.1 Å². The van der Waals surface area contributed by atoms with Gasteiger partial charge in [-0.05, 0) is 30.5 Å². The Morgan fingerprint density at radius 1 is 0.854 bits per heavy atom. The summed E-state index contributed by atoms with van der Waals surface area (Å²) in [7, 11) is 0. The molecule has 2 aromatic heterocycles. The SMILES string of the molecule is CCN(C[C@H](Cc1ccccc1)NC(=O)OCc1cnc[nH]1)C[C@H](Cc1ccccc1)NC(=O)OCc1ncc[nH]1. The molecule has 0 aliphatic heterocycles. The highest BCUT2D eigenvalue weighted by atomic mass is 16.6. The highest BCUT2D eigenvalue weighted by Gasteiger charge is 2.22. The van der Waals surface area contributed by atoms with E-state index >= 15 is 0 Å². The van der Waals surface area contributed by atoms with Gasteiger partial charge in [0.2, 0.25) is 0 Å². The second-order valence-corrected chi connectivity index (χ2v) is 9.68. The van der Waals surface area contributed by atoms with Crippen molar-refractivity contribution in [2.24, 2.45) is 0 Å². The molecule has 4 aromatic rings. The minimum Gasteiger partial charge on any atom is -0.443 e. The van der Waals surface area contributed by atoms with Gasteiger partial charge in [-0.3, -0.25) is 4.90 Å². The van der Waals surface area contributed by atoms with Crippen LogP contribution >= 0.6 is 0 Å². The third-order valence-corrected chi connectivity index (χ3v) is 6.51. The van der Waals surface area contributed by atoms with Gasteiger partial charge in [-0.25, -0.2) is 19.6 Å². The number of imidazole rings is 2. The Hall–Kier alpha value is -4.64. The maximum Gasteiger partial charge on any atom is 0.407 e.